The van der Waals surface area contributed by atoms with Crippen molar-refractivity contribution < 1.29 is 44.3 Å². The maximum atomic E-state index is 13.1. The van der Waals surface area contributed by atoms with E-state index in [-0.39, 0.29) is 27.7 Å². The molecule has 1 amide bonds. The smallest absolute Gasteiger partial charge is 0.417 e. The highest BCUT2D eigenvalue weighted by Crippen LogP contribution is 2.37. The fourth-order valence-electron chi connectivity index (χ4n) is 3.44. The molecule has 0 bridgehead atoms. The first kappa shape index (κ1) is 30.8. The zero-order valence-electron chi connectivity index (χ0n) is 21.1. The monoisotopic (exact) mass is 621 g/mol. The van der Waals surface area contributed by atoms with E-state index in [0.29, 0.717) is 11.8 Å². The largest absolute Gasteiger partial charge is 0.497 e. The van der Waals surface area contributed by atoms with Gasteiger partial charge in [0.1, 0.15) is 18.0 Å². The number of amides is 1. The number of hydrogen-bond donors (Lipinski definition) is 2. The quantitative estimate of drug-likeness (QED) is 0.339. The predicted molar refractivity (Wildman–Crippen MR) is 144 cm³/mol. The number of sulfonamides is 2. The highest BCUT2D eigenvalue weighted by atomic mass is 35.5. The van der Waals surface area contributed by atoms with Crippen LogP contribution in [0.1, 0.15) is 5.56 Å². The number of carbonyl (C=O) groups excluding carboxylic acids is 1. The molecule has 3 rings (SSSR count). The van der Waals surface area contributed by atoms with E-state index in [1.807, 2.05) is 4.72 Å². The molecule has 40 heavy (non-hydrogen) atoms. The van der Waals surface area contributed by atoms with E-state index in [4.69, 9.17) is 21.1 Å². The third-order valence-corrected chi connectivity index (χ3v) is 8.17. The average Bonchev–Trinajstić information content (AvgIpc) is 2.87. The van der Waals surface area contributed by atoms with Crippen molar-refractivity contribution in [3.63, 3.8) is 0 Å². The Labute approximate surface area is 233 Å². The van der Waals surface area contributed by atoms with Gasteiger partial charge < -0.3 is 14.8 Å². The second kappa shape index (κ2) is 11.8. The highest BCUT2D eigenvalue weighted by Gasteiger charge is 2.33. The third kappa shape index (κ3) is 7.49. The predicted octanol–water partition coefficient (Wildman–Crippen LogP) is 4.58. The minimum atomic E-state index is -4.79. The molecule has 0 spiro atoms. The lowest BCUT2D eigenvalue weighted by Gasteiger charge is -2.24. The van der Waals surface area contributed by atoms with E-state index in [1.54, 1.807) is 0 Å². The van der Waals surface area contributed by atoms with Crippen LogP contribution in [0, 0.1) is 0 Å². The second-order valence-corrected chi connectivity index (χ2v) is 12.2. The summed E-state index contributed by atoms with van der Waals surface area (Å²) in [6.07, 6.45) is -3.88. The molecule has 0 aliphatic carbocycles. The van der Waals surface area contributed by atoms with Crippen LogP contribution in [0.4, 0.5) is 30.2 Å². The second-order valence-electron chi connectivity index (χ2n) is 8.18. The van der Waals surface area contributed by atoms with Gasteiger partial charge in [0.25, 0.3) is 10.0 Å². The SMILES string of the molecule is COc1ccc(N(CC(=O)Nc2ccc(S(=O)(=O)Nc3ccc(Cl)c(C(F)(F)F)c3)cc2)S(C)(=O)=O)c(OC)c1. The molecule has 16 heteroatoms. The summed E-state index contributed by atoms with van der Waals surface area (Å²) in [5.74, 6) is -0.208. The summed E-state index contributed by atoms with van der Waals surface area (Å²) in [5.41, 5.74) is -1.35. The molecule has 0 heterocycles. The Hall–Kier alpha value is -3.69. The maximum Gasteiger partial charge on any atom is 0.417 e. The van der Waals surface area contributed by atoms with Crippen LogP contribution in [0.5, 0.6) is 11.5 Å². The van der Waals surface area contributed by atoms with E-state index in [2.05, 4.69) is 5.32 Å². The van der Waals surface area contributed by atoms with Crippen molar-refractivity contribution in [1.82, 2.24) is 0 Å². The summed E-state index contributed by atoms with van der Waals surface area (Å²) in [4.78, 5) is 12.4. The molecule has 0 unspecified atom stereocenters. The standard InChI is InChI=1S/C24H23ClF3N3O7S2/c1-37-17-7-11-21(22(13-17)38-2)31(39(3,33)34)14-23(32)29-15-4-8-18(9-5-15)40(35,36)30-16-6-10-20(25)19(12-16)24(26,27)28/h4-13,30H,14H2,1-3H3,(H,29,32). The van der Waals surface area contributed by atoms with Crippen LogP contribution in [-0.4, -0.2) is 49.8 Å². The molecule has 0 radical (unpaired) electrons. The zero-order valence-corrected chi connectivity index (χ0v) is 23.5. The Morgan fingerprint density at radius 1 is 0.925 bits per heavy atom. The van der Waals surface area contributed by atoms with Crippen LogP contribution in [0.3, 0.4) is 0 Å². The first-order valence-electron chi connectivity index (χ1n) is 11.0. The molecule has 10 nitrogen and oxygen atoms in total. The Morgan fingerprint density at radius 3 is 2.10 bits per heavy atom. The number of benzene rings is 3. The number of ether oxygens (including phenoxy) is 2. The van der Waals surface area contributed by atoms with Crippen molar-refractivity contribution in [1.29, 1.82) is 0 Å². The zero-order chi connectivity index (χ0) is 29.9. The summed E-state index contributed by atoms with van der Waals surface area (Å²) < 4.78 is 103. The molecular weight excluding hydrogens is 599 g/mol. The van der Waals surface area contributed by atoms with Crippen molar-refractivity contribution in [2.75, 3.05) is 41.4 Å². The van der Waals surface area contributed by atoms with Crippen molar-refractivity contribution in [2.45, 2.75) is 11.1 Å². The maximum absolute atomic E-state index is 13.1. The number of rotatable bonds is 10. The van der Waals surface area contributed by atoms with Crippen molar-refractivity contribution >= 4 is 54.6 Å². The molecule has 2 N–H and O–H groups in total. The molecule has 0 aliphatic rings. The number of carbonyl (C=O) groups is 1. The Morgan fingerprint density at radius 2 is 1.55 bits per heavy atom. The van der Waals surface area contributed by atoms with Gasteiger partial charge in [-0.25, -0.2) is 16.8 Å². The van der Waals surface area contributed by atoms with Crippen molar-refractivity contribution in [2.24, 2.45) is 0 Å². The molecule has 0 aromatic heterocycles. The van der Waals surface area contributed by atoms with Crippen LogP contribution in [0.15, 0.2) is 65.6 Å². The normalized spacial score (nSPS) is 12.0. The number of nitrogens with one attached hydrogen (secondary N) is 2. The summed E-state index contributed by atoms with van der Waals surface area (Å²) in [6, 6.07) is 11.6. The van der Waals surface area contributed by atoms with Gasteiger partial charge in [-0.1, -0.05) is 11.6 Å². The summed E-state index contributed by atoms with van der Waals surface area (Å²) in [5, 5.41) is 1.88. The molecule has 216 valence electrons. The van der Waals surface area contributed by atoms with Gasteiger partial charge in [0.15, 0.2) is 0 Å². The van der Waals surface area contributed by atoms with Gasteiger partial charge in [-0.15, -0.1) is 0 Å². The lowest BCUT2D eigenvalue weighted by atomic mass is 10.2. The fraction of sp³-hybridized carbons (Fsp3) is 0.208. The Bertz CT molecular complexity index is 1620. The number of methoxy groups -OCH3 is 2. The molecule has 0 saturated heterocycles. The van der Waals surface area contributed by atoms with E-state index in [9.17, 15) is 34.8 Å². The van der Waals surface area contributed by atoms with Gasteiger partial charge in [0, 0.05) is 17.4 Å². The Balaban J connectivity index is 1.76. The number of hydrogen-bond acceptors (Lipinski definition) is 7. The van der Waals surface area contributed by atoms with E-state index in [1.165, 1.54) is 44.6 Å². The summed E-state index contributed by atoms with van der Waals surface area (Å²) >= 11 is 5.57. The van der Waals surface area contributed by atoms with Gasteiger partial charge in [-0.05, 0) is 54.6 Å². The molecule has 0 atom stereocenters. The number of nitrogens with zero attached hydrogens (tertiary/aromatic N) is 1. The van der Waals surface area contributed by atoms with Crippen LogP contribution in [0.25, 0.3) is 0 Å². The first-order valence-corrected chi connectivity index (χ1v) is 14.8. The highest BCUT2D eigenvalue weighted by molar-refractivity contribution is 7.92. The van der Waals surface area contributed by atoms with Crippen LogP contribution in [0.2, 0.25) is 5.02 Å². The lowest BCUT2D eigenvalue weighted by molar-refractivity contribution is -0.137. The van der Waals surface area contributed by atoms with E-state index in [0.717, 1.165) is 34.8 Å². The summed E-state index contributed by atoms with van der Waals surface area (Å²) in [6.45, 7) is -0.638. The molecule has 3 aromatic rings. The molecule has 0 aliphatic heterocycles. The van der Waals surface area contributed by atoms with Gasteiger partial charge in [-0.3, -0.25) is 13.8 Å². The van der Waals surface area contributed by atoms with Crippen molar-refractivity contribution in [3.05, 3.63) is 71.2 Å². The Kier molecular flexibility index (Phi) is 9.11. The van der Waals surface area contributed by atoms with Crippen LogP contribution in [-0.2, 0) is 31.0 Å². The topological polar surface area (TPSA) is 131 Å². The van der Waals surface area contributed by atoms with Gasteiger partial charge in [0.05, 0.1) is 41.6 Å². The van der Waals surface area contributed by atoms with Gasteiger partial charge in [-0.2, -0.15) is 13.2 Å². The number of alkyl halides is 3. The van der Waals surface area contributed by atoms with E-state index >= 15 is 0 Å². The molecular formula is C24H23ClF3N3O7S2. The molecule has 0 fully saturated rings. The first-order chi connectivity index (χ1) is 18.5. The van der Waals surface area contributed by atoms with Gasteiger partial charge >= 0.3 is 6.18 Å². The van der Waals surface area contributed by atoms with Crippen LogP contribution < -0.4 is 23.8 Å². The summed E-state index contributed by atoms with van der Waals surface area (Å²) in [7, 11) is -5.50. The molecule has 3 aromatic carbocycles. The number of halogens is 4. The lowest BCUT2D eigenvalue weighted by Crippen LogP contribution is -2.37. The minimum absolute atomic E-state index is 0.0874. The van der Waals surface area contributed by atoms with Crippen LogP contribution >= 0.6 is 11.6 Å². The third-order valence-electron chi connectivity index (χ3n) is 5.32. The van der Waals surface area contributed by atoms with Gasteiger partial charge in [0.2, 0.25) is 15.9 Å². The number of anilines is 3. The average molecular weight is 622 g/mol. The van der Waals surface area contributed by atoms with Crippen molar-refractivity contribution in [3.8, 4) is 11.5 Å². The fourth-order valence-corrected chi connectivity index (χ4v) is 5.57. The minimum Gasteiger partial charge on any atom is -0.497 e. The van der Waals surface area contributed by atoms with E-state index < -0.39 is 49.3 Å². The molecule has 0 saturated carbocycles.